The molecule has 2 aromatic carbocycles. The summed E-state index contributed by atoms with van der Waals surface area (Å²) < 4.78 is 6.05. The first-order chi connectivity index (χ1) is 13.7. The number of rotatable bonds is 2. The third kappa shape index (κ3) is 3.39. The zero-order valence-electron chi connectivity index (χ0n) is 16.1. The number of phenolic OH excluding ortho intramolecular Hbond substituents is 2. The van der Waals surface area contributed by atoms with Crippen molar-refractivity contribution in [3.8, 4) is 22.8 Å². The number of benzene rings is 2. The first kappa shape index (κ1) is 19.8. The van der Waals surface area contributed by atoms with E-state index < -0.39 is 16.8 Å². The molecule has 2 atom stereocenters. The third-order valence-electron chi connectivity index (χ3n) is 5.63. The highest BCUT2D eigenvalue weighted by Gasteiger charge is 2.40. The van der Waals surface area contributed by atoms with E-state index in [1.54, 1.807) is 32.1 Å². The van der Waals surface area contributed by atoms with Crippen LogP contribution in [0.2, 0.25) is 5.02 Å². The minimum atomic E-state index is -1.16. The lowest BCUT2D eigenvalue weighted by Gasteiger charge is -2.42. The Labute approximate surface area is 173 Å². The van der Waals surface area contributed by atoms with Gasteiger partial charge in [-0.05, 0) is 32.1 Å². The largest absolute Gasteiger partial charge is 0.507 e. The van der Waals surface area contributed by atoms with Crippen LogP contribution in [0, 0.1) is 0 Å². The van der Waals surface area contributed by atoms with Crippen LogP contribution >= 0.6 is 11.6 Å². The van der Waals surface area contributed by atoms with Crippen molar-refractivity contribution >= 4 is 30.4 Å². The van der Waals surface area contributed by atoms with Crippen molar-refractivity contribution in [2.45, 2.75) is 17.8 Å². The van der Waals surface area contributed by atoms with Crippen molar-refractivity contribution in [1.82, 2.24) is 4.90 Å². The van der Waals surface area contributed by atoms with Crippen molar-refractivity contribution in [2.75, 3.05) is 20.1 Å². The molecule has 0 unspecified atom stereocenters. The lowest BCUT2D eigenvalue weighted by molar-refractivity contribution is 0.0260. The number of β-amino-alcohol motifs (C(OH)–C–C–N with tert-alkyl or cyclic N) is 1. The number of hydrogen-bond donors (Lipinski definition) is 3. The summed E-state index contributed by atoms with van der Waals surface area (Å²) >= 11 is 6.27. The second-order valence-corrected chi connectivity index (χ2v) is 8.33. The number of fused-ring (bicyclic) bond motifs is 1. The summed E-state index contributed by atoms with van der Waals surface area (Å²) in [5.74, 6) is -0.837. The van der Waals surface area contributed by atoms with Gasteiger partial charge < -0.3 is 24.6 Å². The van der Waals surface area contributed by atoms with Crippen LogP contribution < -0.4 is 5.43 Å². The van der Waals surface area contributed by atoms with Gasteiger partial charge in [0.25, 0.3) is 0 Å². The molecule has 3 N–H and O–H groups in total. The van der Waals surface area contributed by atoms with Gasteiger partial charge in [0, 0.05) is 35.7 Å². The summed E-state index contributed by atoms with van der Waals surface area (Å²) in [6.07, 6.45) is 0.553. The van der Waals surface area contributed by atoms with Gasteiger partial charge in [-0.3, -0.25) is 4.79 Å². The molecule has 0 bridgehead atoms. The summed E-state index contributed by atoms with van der Waals surface area (Å²) in [7, 11) is 3.61. The van der Waals surface area contributed by atoms with E-state index in [0.717, 1.165) is 6.07 Å². The van der Waals surface area contributed by atoms with Crippen LogP contribution in [0.5, 0.6) is 11.5 Å². The van der Waals surface area contributed by atoms with Gasteiger partial charge in [-0.2, -0.15) is 0 Å². The van der Waals surface area contributed by atoms with E-state index in [2.05, 4.69) is 0 Å². The molecule has 0 aliphatic carbocycles. The zero-order valence-corrected chi connectivity index (χ0v) is 16.9. The molecule has 1 aromatic heterocycles. The Balaban J connectivity index is 2.02. The van der Waals surface area contributed by atoms with Crippen molar-refractivity contribution in [1.29, 1.82) is 0 Å². The molecular formula is C21H21BClNO5. The fraction of sp³-hybridized carbons (Fsp3) is 0.286. The quantitative estimate of drug-likeness (QED) is 0.558. The fourth-order valence-electron chi connectivity index (χ4n) is 4.30. The Morgan fingerprint density at radius 1 is 1.24 bits per heavy atom. The second-order valence-electron chi connectivity index (χ2n) is 7.92. The average Bonchev–Trinajstić information content (AvgIpc) is 2.62. The topological polar surface area (TPSA) is 94.1 Å². The maximum Gasteiger partial charge on any atom is 0.197 e. The van der Waals surface area contributed by atoms with Gasteiger partial charge in [-0.15, -0.1) is 0 Å². The molecule has 150 valence electrons. The number of likely N-dealkylation sites (tertiary alicyclic amines) is 1. The smallest absolute Gasteiger partial charge is 0.197 e. The minimum Gasteiger partial charge on any atom is -0.507 e. The lowest BCUT2D eigenvalue weighted by atomic mass is 9.65. The van der Waals surface area contributed by atoms with Gasteiger partial charge in [-0.25, -0.2) is 0 Å². The van der Waals surface area contributed by atoms with Gasteiger partial charge in [-0.1, -0.05) is 23.7 Å². The molecule has 8 heteroatoms. The zero-order chi connectivity index (χ0) is 20.9. The maximum absolute atomic E-state index is 12.8. The molecule has 6 nitrogen and oxygen atoms in total. The summed E-state index contributed by atoms with van der Waals surface area (Å²) in [5.41, 5.74) is -0.695. The molecule has 4 rings (SSSR count). The van der Waals surface area contributed by atoms with Crippen LogP contribution in [-0.2, 0) is 0 Å². The van der Waals surface area contributed by atoms with Gasteiger partial charge in [0.15, 0.2) is 5.43 Å². The van der Waals surface area contributed by atoms with Crippen LogP contribution in [0.25, 0.3) is 22.3 Å². The standard InChI is InChI=1S/C21H21BClNO5/c1-24-7-6-12(21(22,28)10-24)18-14(25)8-15(26)19-16(27)9-17(29-20(18)19)11-4-2-3-5-13(11)23/h2-5,8-9,12,25-26,28H,6-7,10,22H2,1H3/t12-,21-/m1/s1. The second kappa shape index (κ2) is 7.09. The Morgan fingerprint density at radius 2 is 1.97 bits per heavy atom. The van der Waals surface area contributed by atoms with Crippen molar-refractivity contribution < 1.29 is 19.7 Å². The predicted molar refractivity (Wildman–Crippen MR) is 115 cm³/mol. The number of aromatic hydroxyl groups is 2. The molecule has 1 saturated heterocycles. The molecule has 1 fully saturated rings. The van der Waals surface area contributed by atoms with E-state index in [1.165, 1.54) is 6.07 Å². The highest BCUT2D eigenvalue weighted by atomic mass is 35.5. The molecule has 0 amide bonds. The highest BCUT2D eigenvalue weighted by molar-refractivity contribution is 6.33. The number of phenols is 2. The molecular weight excluding hydrogens is 392 g/mol. The van der Waals surface area contributed by atoms with Gasteiger partial charge in [0.1, 0.15) is 36.1 Å². The summed E-state index contributed by atoms with van der Waals surface area (Å²) in [5, 5.41) is 32.4. The predicted octanol–water partition coefficient (Wildman–Crippen LogP) is 2.27. The summed E-state index contributed by atoms with van der Waals surface area (Å²) in [6.45, 7) is 1.10. The molecule has 1 aliphatic rings. The monoisotopic (exact) mass is 413 g/mol. The molecule has 0 spiro atoms. The number of likely N-dealkylation sites (N-methyl/N-ethyl adjacent to an activating group) is 1. The van der Waals surface area contributed by atoms with E-state index in [-0.39, 0.29) is 28.2 Å². The van der Waals surface area contributed by atoms with Crippen LogP contribution in [0.3, 0.4) is 0 Å². The average molecular weight is 414 g/mol. The van der Waals surface area contributed by atoms with Crippen LogP contribution in [0.1, 0.15) is 17.9 Å². The molecule has 2 heterocycles. The van der Waals surface area contributed by atoms with E-state index >= 15 is 0 Å². The third-order valence-corrected chi connectivity index (χ3v) is 5.96. The maximum atomic E-state index is 12.8. The van der Waals surface area contributed by atoms with E-state index in [0.29, 0.717) is 35.7 Å². The lowest BCUT2D eigenvalue weighted by Crippen LogP contribution is -2.52. The Bertz CT molecular complexity index is 1160. The summed E-state index contributed by atoms with van der Waals surface area (Å²) in [6, 6.07) is 9.36. The molecule has 0 saturated carbocycles. The number of aliphatic hydroxyl groups is 1. The van der Waals surface area contributed by atoms with E-state index in [9.17, 15) is 20.1 Å². The van der Waals surface area contributed by atoms with Crippen molar-refractivity contribution in [3.05, 3.63) is 57.2 Å². The number of nitrogens with zero attached hydrogens (tertiary/aromatic N) is 1. The SMILES string of the molecule is B[C@@]1(O)CN(C)CC[C@@H]1c1c(O)cc(O)c2c(=O)cc(-c3ccccc3Cl)oc12. The van der Waals surface area contributed by atoms with E-state index in [1.807, 2.05) is 11.9 Å². The summed E-state index contributed by atoms with van der Waals surface area (Å²) in [4.78, 5) is 14.9. The number of piperidine rings is 1. The van der Waals surface area contributed by atoms with Gasteiger partial charge >= 0.3 is 0 Å². The van der Waals surface area contributed by atoms with Gasteiger partial charge in [0.05, 0.1) is 10.5 Å². The normalized spacial score (nSPS) is 22.8. The molecule has 29 heavy (non-hydrogen) atoms. The molecule has 3 aromatic rings. The first-order valence-corrected chi connectivity index (χ1v) is 9.75. The van der Waals surface area contributed by atoms with Crippen molar-refractivity contribution in [2.24, 2.45) is 0 Å². The van der Waals surface area contributed by atoms with Crippen LogP contribution in [0.4, 0.5) is 0 Å². The molecule has 0 radical (unpaired) electrons. The Kier molecular flexibility index (Phi) is 4.85. The number of hydrogen-bond acceptors (Lipinski definition) is 6. The van der Waals surface area contributed by atoms with E-state index in [4.69, 9.17) is 16.0 Å². The van der Waals surface area contributed by atoms with Gasteiger partial charge in [0.2, 0.25) is 0 Å². The van der Waals surface area contributed by atoms with Crippen LogP contribution in [0.15, 0.2) is 45.6 Å². The number of halogens is 1. The Hall–Kier alpha value is -2.48. The minimum absolute atomic E-state index is 0.0247. The fourth-order valence-corrected chi connectivity index (χ4v) is 4.53. The van der Waals surface area contributed by atoms with Crippen LogP contribution in [-0.4, -0.2) is 53.7 Å². The Morgan fingerprint density at radius 3 is 2.66 bits per heavy atom. The van der Waals surface area contributed by atoms with Crippen molar-refractivity contribution in [3.63, 3.8) is 0 Å². The highest BCUT2D eigenvalue weighted by Crippen LogP contribution is 2.45. The molecule has 1 aliphatic heterocycles. The first-order valence-electron chi connectivity index (χ1n) is 9.37.